The van der Waals surface area contributed by atoms with Crippen LogP contribution in [0.25, 0.3) is 10.6 Å². The Morgan fingerprint density at radius 2 is 1.84 bits per heavy atom. The van der Waals surface area contributed by atoms with E-state index in [-0.39, 0.29) is 5.91 Å². The van der Waals surface area contributed by atoms with E-state index in [0.29, 0.717) is 18.2 Å². The number of carbonyl (C=O) groups is 1. The smallest absolute Gasteiger partial charge is 0.229 e. The van der Waals surface area contributed by atoms with Crippen LogP contribution < -0.4 is 5.32 Å². The summed E-state index contributed by atoms with van der Waals surface area (Å²) in [5.74, 6) is 0.795. The number of nitrogens with zero attached hydrogens (tertiary/aromatic N) is 2. The third-order valence-corrected chi connectivity index (χ3v) is 6.04. The summed E-state index contributed by atoms with van der Waals surface area (Å²) < 4.78 is 0. The van der Waals surface area contributed by atoms with E-state index >= 15 is 0 Å². The van der Waals surface area contributed by atoms with Crippen LogP contribution in [0, 0.1) is 6.92 Å². The van der Waals surface area contributed by atoms with Crippen molar-refractivity contribution < 1.29 is 4.79 Å². The molecule has 0 aliphatic heterocycles. The zero-order valence-electron chi connectivity index (χ0n) is 17.7. The van der Waals surface area contributed by atoms with Crippen LogP contribution in [0.2, 0.25) is 0 Å². The molecule has 2 aromatic heterocycles. The molecule has 156 valence electrons. The van der Waals surface area contributed by atoms with Crippen molar-refractivity contribution in [2.24, 2.45) is 0 Å². The van der Waals surface area contributed by atoms with E-state index in [4.69, 9.17) is 4.98 Å². The summed E-state index contributed by atoms with van der Waals surface area (Å²) in [6.45, 7) is 4.33. The van der Waals surface area contributed by atoms with Crippen LogP contribution in [0.5, 0.6) is 0 Å². The number of nitrogens with one attached hydrogen (secondary N) is 1. The van der Waals surface area contributed by atoms with E-state index < -0.39 is 0 Å². The molecule has 0 bridgehead atoms. The van der Waals surface area contributed by atoms with E-state index in [9.17, 15) is 4.79 Å². The minimum absolute atomic E-state index is 0.0811. The molecule has 0 saturated heterocycles. The molecule has 1 atom stereocenters. The zero-order chi connectivity index (χ0) is 21.6. The number of carbonyl (C=O) groups excluding carboxylic acids is 1. The summed E-state index contributed by atoms with van der Waals surface area (Å²) in [7, 11) is 0. The average molecular weight is 428 g/mol. The highest BCUT2D eigenvalue weighted by Gasteiger charge is 2.13. The van der Waals surface area contributed by atoms with Crippen LogP contribution in [0.15, 0.2) is 78.3 Å². The molecule has 1 unspecified atom stereocenters. The Morgan fingerprint density at radius 1 is 1.03 bits per heavy atom. The molecule has 1 N–H and O–H groups in total. The number of aromatic nitrogens is 2. The highest BCUT2D eigenvalue weighted by molar-refractivity contribution is 7.13. The number of amides is 1. The van der Waals surface area contributed by atoms with Crippen LogP contribution in [-0.4, -0.2) is 15.9 Å². The Labute approximate surface area is 187 Å². The average Bonchev–Trinajstić information content (AvgIpc) is 3.25. The van der Waals surface area contributed by atoms with Gasteiger partial charge in [-0.2, -0.15) is 0 Å². The predicted molar refractivity (Wildman–Crippen MR) is 127 cm³/mol. The van der Waals surface area contributed by atoms with Gasteiger partial charge < -0.3 is 5.32 Å². The monoisotopic (exact) mass is 427 g/mol. The van der Waals surface area contributed by atoms with Gasteiger partial charge in [-0.3, -0.25) is 4.79 Å². The highest BCUT2D eigenvalue weighted by atomic mass is 32.1. The molecule has 0 fully saturated rings. The largest absolute Gasteiger partial charge is 0.310 e. The summed E-state index contributed by atoms with van der Waals surface area (Å²) in [5.41, 5.74) is 5.64. The first kappa shape index (κ1) is 20.9. The molecule has 0 saturated carbocycles. The molecule has 5 heteroatoms. The number of benzene rings is 2. The van der Waals surface area contributed by atoms with Crippen LogP contribution in [0.3, 0.4) is 0 Å². The molecule has 0 aliphatic rings. The molecule has 2 aromatic carbocycles. The lowest BCUT2D eigenvalue weighted by Crippen LogP contribution is -2.15. The molecule has 2 heterocycles. The number of anilines is 1. The van der Waals surface area contributed by atoms with Gasteiger partial charge in [-0.1, -0.05) is 67.1 Å². The van der Waals surface area contributed by atoms with Crippen LogP contribution in [0.4, 0.5) is 5.82 Å². The minimum Gasteiger partial charge on any atom is -0.310 e. The maximum Gasteiger partial charge on any atom is 0.229 e. The Kier molecular flexibility index (Phi) is 6.53. The summed E-state index contributed by atoms with van der Waals surface area (Å²) in [6.07, 6.45) is 3.00. The summed E-state index contributed by atoms with van der Waals surface area (Å²) >= 11 is 1.62. The first-order chi connectivity index (χ1) is 15.1. The van der Waals surface area contributed by atoms with E-state index in [1.807, 2.05) is 42.5 Å². The Morgan fingerprint density at radius 3 is 2.65 bits per heavy atom. The minimum atomic E-state index is -0.0811. The summed E-state index contributed by atoms with van der Waals surface area (Å²) in [6, 6.07) is 22.1. The van der Waals surface area contributed by atoms with Crippen LogP contribution in [-0.2, 0) is 17.6 Å². The highest BCUT2D eigenvalue weighted by Crippen LogP contribution is 2.29. The van der Waals surface area contributed by atoms with Crippen molar-refractivity contribution in [3.63, 3.8) is 0 Å². The van der Waals surface area contributed by atoms with Crippen molar-refractivity contribution in [1.29, 1.82) is 0 Å². The SMILES string of the molecule is Cc1cccc(CC(C)c2csc(-c3ccnc(NC(=O)Cc4ccccc4)c3)n2)c1. The fourth-order valence-corrected chi connectivity index (χ4v) is 4.48. The number of pyridine rings is 1. The van der Waals surface area contributed by atoms with Gasteiger partial charge in [0.15, 0.2) is 0 Å². The normalized spacial score (nSPS) is 11.8. The van der Waals surface area contributed by atoms with Gasteiger partial charge in [0.25, 0.3) is 0 Å². The molecular formula is C26H25N3OS. The van der Waals surface area contributed by atoms with Gasteiger partial charge >= 0.3 is 0 Å². The Hall–Kier alpha value is -3.31. The first-order valence-corrected chi connectivity index (χ1v) is 11.3. The lowest BCUT2D eigenvalue weighted by molar-refractivity contribution is -0.115. The fourth-order valence-electron chi connectivity index (χ4n) is 3.54. The number of hydrogen-bond acceptors (Lipinski definition) is 4. The van der Waals surface area contributed by atoms with Crippen molar-refractivity contribution in [1.82, 2.24) is 9.97 Å². The lowest BCUT2D eigenvalue weighted by atomic mass is 9.98. The predicted octanol–water partition coefficient (Wildman–Crippen LogP) is 6.04. The standard InChI is InChI=1S/C26H25N3OS/c1-18-7-6-10-21(13-18)14-19(2)23-17-31-26(28-23)22-11-12-27-24(16-22)29-25(30)15-20-8-4-3-5-9-20/h3-13,16-17,19H,14-15H2,1-2H3,(H,27,29,30). The third-order valence-electron chi connectivity index (χ3n) is 5.13. The second-order valence-corrected chi connectivity index (χ2v) is 8.67. The van der Waals surface area contributed by atoms with Gasteiger partial charge in [0.2, 0.25) is 5.91 Å². The Bertz CT molecular complexity index is 1170. The Balaban J connectivity index is 1.43. The molecule has 4 aromatic rings. The molecule has 0 spiro atoms. The summed E-state index contributed by atoms with van der Waals surface area (Å²) in [5, 5.41) is 5.96. The molecule has 31 heavy (non-hydrogen) atoms. The van der Waals surface area contributed by atoms with Gasteiger partial charge in [-0.15, -0.1) is 11.3 Å². The molecule has 1 amide bonds. The molecule has 4 nitrogen and oxygen atoms in total. The number of rotatable bonds is 7. The van der Waals surface area contributed by atoms with E-state index in [1.165, 1.54) is 11.1 Å². The fraction of sp³-hybridized carbons (Fsp3) is 0.192. The maximum atomic E-state index is 12.4. The quantitative estimate of drug-likeness (QED) is 0.391. The van der Waals surface area contributed by atoms with E-state index in [1.54, 1.807) is 17.5 Å². The van der Waals surface area contributed by atoms with Gasteiger partial charge in [0, 0.05) is 23.1 Å². The van der Waals surface area contributed by atoms with E-state index in [2.05, 4.69) is 53.8 Å². The first-order valence-electron chi connectivity index (χ1n) is 10.4. The second kappa shape index (κ2) is 9.67. The van der Waals surface area contributed by atoms with Gasteiger partial charge in [-0.25, -0.2) is 9.97 Å². The van der Waals surface area contributed by atoms with Gasteiger partial charge in [-0.05, 0) is 36.6 Å². The van der Waals surface area contributed by atoms with Crippen molar-refractivity contribution in [3.8, 4) is 10.6 Å². The van der Waals surface area contributed by atoms with Gasteiger partial charge in [0.05, 0.1) is 12.1 Å². The molecular weight excluding hydrogens is 402 g/mol. The maximum absolute atomic E-state index is 12.4. The number of thiazole rings is 1. The van der Waals surface area contributed by atoms with Crippen molar-refractivity contribution >= 4 is 23.1 Å². The third kappa shape index (κ3) is 5.64. The lowest BCUT2D eigenvalue weighted by Gasteiger charge is -2.09. The van der Waals surface area contributed by atoms with Crippen molar-refractivity contribution in [2.45, 2.75) is 32.6 Å². The molecule has 0 radical (unpaired) electrons. The topological polar surface area (TPSA) is 54.9 Å². The molecule has 0 aliphatic carbocycles. The van der Waals surface area contributed by atoms with Crippen LogP contribution in [0.1, 0.15) is 35.2 Å². The molecule has 4 rings (SSSR count). The van der Waals surface area contributed by atoms with E-state index in [0.717, 1.165) is 28.2 Å². The van der Waals surface area contributed by atoms with Crippen molar-refractivity contribution in [3.05, 3.63) is 101 Å². The zero-order valence-corrected chi connectivity index (χ0v) is 18.5. The number of hydrogen-bond donors (Lipinski definition) is 1. The van der Waals surface area contributed by atoms with Crippen molar-refractivity contribution in [2.75, 3.05) is 5.32 Å². The van der Waals surface area contributed by atoms with Crippen LogP contribution >= 0.6 is 11.3 Å². The number of aryl methyl sites for hydroxylation is 1. The second-order valence-electron chi connectivity index (χ2n) is 7.81. The van der Waals surface area contributed by atoms with Gasteiger partial charge in [0.1, 0.15) is 10.8 Å². The summed E-state index contributed by atoms with van der Waals surface area (Å²) in [4.78, 5) is 21.5.